The first-order valence-corrected chi connectivity index (χ1v) is 10.9. The van der Waals surface area contributed by atoms with Crippen LogP contribution in [-0.2, 0) is 9.59 Å². The van der Waals surface area contributed by atoms with E-state index in [0.717, 1.165) is 35.2 Å². The Kier molecular flexibility index (Phi) is 4.92. The summed E-state index contributed by atoms with van der Waals surface area (Å²) in [4.78, 5) is 43.5. The molecule has 8 nitrogen and oxygen atoms in total. The van der Waals surface area contributed by atoms with E-state index in [0.29, 0.717) is 23.6 Å². The number of oxazole rings is 1. The molecule has 2 atom stereocenters. The third-order valence-electron chi connectivity index (χ3n) is 6.51. The Balaban J connectivity index is 1.25. The standard InChI is InChI=1S/C24H24N4O4/c1-15-6-4-5-13-24(15)22(30)28(23(31)27-24)14-20(29)25-17-11-9-16(10-12-17)21-26-18-7-2-3-8-19(18)32-21/h2-3,7-12,15H,4-6,13-14H2,1H3,(H,25,29)(H,27,31)/t15-,24+/m0/s1. The van der Waals surface area contributed by atoms with Gasteiger partial charge in [-0.2, -0.15) is 0 Å². The van der Waals surface area contributed by atoms with Crippen LogP contribution in [0.1, 0.15) is 32.6 Å². The first-order chi connectivity index (χ1) is 15.5. The fourth-order valence-corrected chi connectivity index (χ4v) is 4.67. The molecule has 2 fully saturated rings. The van der Waals surface area contributed by atoms with Gasteiger partial charge in [0.1, 0.15) is 17.6 Å². The number of aromatic nitrogens is 1. The van der Waals surface area contributed by atoms with E-state index < -0.39 is 17.5 Å². The number of nitrogens with zero attached hydrogens (tertiary/aromatic N) is 2. The topological polar surface area (TPSA) is 105 Å². The van der Waals surface area contributed by atoms with Crippen LogP contribution in [0.15, 0.2) is 52.9 Å². The molecule has 2 heterocycles. The first kappa shape index (κ1) is 20.2. The van der Waals surface area contributed by atoms with Crippen LogP contribution < -0.4 is 10.6 Å². The fraction of sp³-hybridized carbons (Fsp3) is 0.333. The van der Waals surface area contributed by atoms with Gasteiger partial charge in [0.25, 0.3) is 5.91 Å². The minimum absolute atomic E-state index is 0.0557. The fourth-order valence-electron chi connectivity index (χ4n) is 4.67. The van der Waals surface area contributed by atoms with Gasteiger partial charge >= 0.3 is 6.03 Å². The summed E-state index contributed by atoms with van der Waals surface area (Å²) < 4.78 is 5.76. The van der Waals surface area contributed by atoms with Crippen LogP contribution in [0.2, 0.25) is 0 Å². The molecular weight excluding hydrogens is 408 g/mol. The summed E-state index contributed by atoms with van der Waals surface area (Å²) in [6, 6.07) is 14.1. The van der Waals surface area contributed by atoms with Gasteiger partial charge in [-0.3, -0.25) is 14.5 Å². The van der Waals surface area contributed by atoms with Gasteiger partial charge in [-0.1, -0.05) is 31.9 Å². The summed E-state index contributed by atoms with van der Waals surface area (Å²) in [5.41, 5.74) is 1.96. The number of carbonyl (C=O) groups is 3. The monoisotopic (exact) mass is 432 g/mol. The van der Waals surface area contributed by atoms with E-state index in [4.69, 9.17) is 4.42 Å². The summed E-state index contributed by atoms with van der Waals surface area (Å²) in [7, 11) is 0. The number of rotatable bonds is 4. The van der Waals surface area contributed by atoms with Crippen LogP contribution in [0.5, 0.6) is 0 Å². The highest BCUT2D eigenvalue weighted by molar-refractivity contribution is 6.10. The molecule has 0 unspecified atom stereocenters. The van der Waals surface area contributed by atoms with Gasteiger partial charge in [-0.05, 0) is 55.2 Å². The third kappa shape index (κ3) is 3.41. The molecule has 32 heavy (non-hydrogen) atoms. The zero-order chi connectivity index (χ0) is 22.3. The zero-order valence-corrected chi connectivity index (χ0v) is 17.8. The summed E-state index contributed by atoms with van der Waals surface area (Å²) in [6.07, 6.45) is 3.45. The van der Waals surface area contributed by atoms with E-state index in [9.17, 15) is 14.4 Å². The number of amides is 4. The Morgan fingerprint density at radius 1 is 1.19 bits per heavy atom. The van der Waals surface area contributed by atoms with Crippen molar-refractivity contribution in [2.24, 2.45) is 5.92 Å². The Morgan fingerprint density at radius 3 is 2.72 bits per heavy atom. The lowest BCUT2D eigenvalue weighted by molar-refractivity contribution is -0.136. The van der Waals surface area contributed by atoms with Crippen molar-refractivity contribution in [1.29, 1.82) is 0 Å². The van der Waals surface area contributed by atoms with Crippen LogP contribution in [0.4, 0.5) is 10.5 Å². The molecule has 5 rings (SSSR count). The highest BCUT2D eigenvalue weighted by Crippen LogP contribution is 2.38. The largest absolute Gasteiger partial charge is 0.436 e. The lowest BCUT2D eigenvalue weighted by Gasteiger charge is -2.36. The number of hydrogen-bond acceptors (Lipinski definition) is 5. The van der Waals surface area contributed by atoms with Crippen LogP contribution in [0, 0.1) is 5.92 Å². The van der Waals surface area contributed by atoms with Crippen molar-refractivity contribution in [3.63, 3.8) is 0 Å². The maximum absolute atomic E-state index is 13.0. The van der Waals surface area contributed by atoms with Crippen molar-refractivity contribution in [2.45, 2.75) is 38.1 Å². The molecule has 1 aliphatic heterocycles. The van der Waals surface area contributed by atoms with Crippen molar-refractivity contribution in [3.8, 4) is 11.5 Å². The van der Waals surface area contributed by atoms with Crippen LogP contribution in [0.3, 0.4) is 0 Å². The molecule has 0 bridgehead atoms. The molecule has 3 aromatic rings. The average Bonchev–Trinajstić information content (AvgIpc) is 3.32. The first-order valence-electron chi connectivity index (χ1n) is 10.9. The van der Waals surface area contributed by atoms with E-state index in [1.54, 1.807) is 24.3 Å². The second kappa shape index (κ2) is 7.78. The summed E-state index contributed by atoms with van der Waals surface area (Å²) in [5.74, 6) is -0.171. The summed E-state index contributed by atoms with van der Waals surface area (Å²) in [6.45, 7) is 1.67. The second-order valence-corrected chi connectivity index (χ2v) is 8.55. The molecule has 1 aromatic heterocycles. The molecule has 1 spiro atoms. The predicted molar refractivity (Wildman–Crippen MR) is 119 cm³/mol. The molecule has 1 aliphatic carbocycles. The van der Waals surface area contributed by atoms with Crippen molar-refractivity contribution < 1.29 is 18.8 Å². The lowest BCUT2D eigenvalue weighted by atomic mass is 9.73. The molecule has 4 amide bonds. The molecule has 0 radical (unpaired) electrons. The van der Waals surface area contributed by atoms with E-state index in [1.807, 2.05) is 31.2 Å². The van der Waals surface area contributed by atoms with Gasteiger partial charge in [0, 0.05) is 11.3 Å². The second-order valence-electron chi connectivity index (χ2n) is 8.55. The number of hydrogen-bond donors (Lipinski definition) is 2. The van der Waals surface area contributed by atoms with E-state index >= 15 is 0 Å². The minimum atomic E-state index is -0.864. The van der Waals surface area contributed by atoms with Crippen LogP contribution >= 0.6 is 0 Å². The quantitative estimate of drug-likeness (QED) is 0.608. The third-order valence-corrected chi connectivity index (χ3v) is 6.51. The number of fused-ring (bicyclic) bond motifs is 1. The van der Waals surface area contributed by atoms with Gasteiger partial charge in [0.2, 0.25) is 11.8 Å². The predicted octanol–water partition coefficient (Wildman–Crippen LogP) is 3.93. The van der Waals surface area contributed by atoms with Gasteiger partial charge in [0.05, 0.1) is 0 Å². The number of benzene rings is 2. The molecular formula is C24H24N4O4. The number of para-hydroxylation sites is 2. The van der Waals surface area contributed by atoms with E-state index in [-0.39, 0.29) is 18.4 Å². The molecule has 164 valence electrons. The van der Waals surface area contributed by atoms with Gasteiger partial charge < -0.3 is 15.1 Å². The molecule has 1 saturated heterocycles. The molecule has 8 heteroatoms. The Bertz CT molecular complexity index is 1170. The van der Waals surface area contributed by atoms with Crippen molar-refractivity contribution in [3.05, 3.63) is 48.5 Å². The number of carbonyl (C=O) groups excluding carboxylic acids is 3. The number of nitrogens with one attached hydrogen (secondary N) is 2. The summed E-state index contributed by atoms with van der Waals surface area (Å²) in [5, 5.41) is 5.62. The highest BCUT2D eigenvalue weighted by atomic mass is 16.3. The van der Waals surface area contributed by atoms with Gasteiger partial charge in [0.15, 0.2) is 5.58 Å². The van der Waals surface area contributed by atoms with Crippen LogP contribution in [-0.4, -0.2) is 39.8 Å². The van der Waals surface area contributed by atoms with Crippen LogP contribution in [0.25, 0.3) is 22.6 Å². The van der Waals surface area contributed by atoms with E-state index in [1.165, 1.54) is 0 Å². The molecule has 1 saturated carbocycles. The molecule has 2 aromatic carbocycles. The van der Waals surface area contributed by atoms with Crippen molar-refractivity contribution in [2.75, 3.05) is 11.9 Å². The number of urea groups is 1. The zero-order valence-electron chi connectivity index (χ0n) is 17.8. The Labute approximate surface area is 185 Å². The Hall–Kier alpha value is -3.68. The van der Waals surface area contributed by atoms with Gasteiger partial charge in [-0.15, -0.1) is 0 Å². The molecule has 2 aliphatic rings. The van der Waals surface area contributed by atoms with E-state index in [2.05, 4.69) is 15.6 Å². The normalized spacial score (nSPS) is 23.0. The van der Waals surface area contributed by atoms with Crippen molar-refractivity contribution >= 4 is 34.6 Å². The van der Waals surface area contributed by atoms with Crippen molar-refractivity contribution in [1.82, 2.24) is 15.2 Å². The maximum Gasteiger partial charge on any atom is 0.325 e. The average molecular weight is 432 g/mol. The number of imide groups is 1. The highest BCUT2D eigenvalue weighted by Gasteiger charge is 2.55. The maximum atomic E-state index is 13.0. The summed E-state index contributed by atoms with van der Waals surface area (Å²) >= 11 is 0. The Morgan fingerprint density at radius 2 is 1.97 bits per heavy atom. The lowest BCUT2D eigenvalue weighted by Crippen LogP contribution is -2.54. The minimum Gasteiger partial charge on any atom is -0.436 e. The SMILES string of the molecule is C[C@H]1CCCC[C@@]12NC(=O)N(CC(=O)Nc1ccc(-c3nc4ccccc4o3)cc1)C2=O. The number of anilines is 1. The molecule has 2 N–H and O–H groups in total. The van der Waals surface area contributed by atoms with Gasteiger partial charge in [-0.25, -0.2) is 9.78 Å². The smallest absolute Gasteiger partial charge is 0.325 e.